The van der Waals surface area contributed by atoms with E-state index < -0.39 is 52.1 Å². The van der Waals surface area contributed by atoms with Gasteiger partial charge in [0.05, 0.1) is 22.8 Å². The van der Waals surface area contributed by atoms with Gasteiger partial charge in [0, 0.05) is 30.4 Å². The SMILES string of the molecule is Cc1ccc(-c2cc(C(F)(F)F)nn2-c2ccc(S(=O)(=O)NC(=O)OC3CCN(n4on4OC(C)OC(=O)OC(C)(C)C)C3)cc2)cc1. The zero-order valence-corrected chi connectivity index (χ0v) is 27.2. The molecule has 15 nitrogen and oxygen atoms in total. The lowest BCUT2D eigenvalue weighted by atomic mass is 10.1. The largest absolute Gasteiger partial charge is 0.511 e. The van der Waals surface area contributed by atoms with Crippen molar-refractivity contribution < 1.29 is 54.9 Å². The molecule has 260 valence electrons. The first-order valence-corrected chi connectivity index (χ1v) is 16.0. The van der Waals surface area contributed by atoms with Gasteiger partial charge in [0.1, 0.15) is 16.7 Å². The molecule has 1 aliphatic rings. The number of nitrogens with one attached hydrogen (secondary N) is 1. The summed E-state index contributed by atoms with van der Waals surface area (Å²) >= 11 is 0. The van der Waals surface area contributed by atoms with E-state index in [-0.39, 0.29) is 22.8 Å². The van der Waals surface area contributed by atoms with E-state index in [0.717, 1.165) is 33.5 Å². The molecule has 5 rings (SSSR count). The lowest BCUT2D eigenvalue weighted by Gasteiger charge is -2.20. The molecule has 1 fully saturated rings. The number of carbonyl (C=O) groups excluding carboxylic acids is 2. The molecule has 19 heteroatoms. The monoisotopic (exact) mass is 698 g/mol. The number of hydrogen-bond acceptors (Lipinski definition) is 11. The van der Waals surface area contributed by atoms with Crippen LogP contribution in [0.3, 0.4) is 0 Å². The first-order chi connectivity index (χ1) is 22.4. The molecular weight excluding hydrogens is 665 g/mol. The number of halogens is 3. The fraction of sp³-hybridized carbons (Fsp3) is 0.414. The molecule has 0 spiro atoms. The second kappa shape index (κ2) is 12.9. The lowest BCUT2D eigenvalue weighted by molar-refractivity contribution is -0.142. The van der Waals surface area contributed by atoms with Crippen molar-refractivity contribution in [1.82, 2.24) is 24.5 Å². The van der Waals surface area contributed by atoms with E-state index in [4.69, 9.17) is 23.7 Å². The Balaban J connectivity index is 1.17. The van der Waals surface area contributed by atoms with Gasteiger partial charge in [-0.25, -0.2) is 27.4 Å². The van der Waals surface area contributed by atoms with Crippen molar-refractivity contribution in [3.63, 3.8) is 0 Å². The molecule has 2 atom stereocenters. The molecule has 48 heavy (non-hydrogen) atoms. The summed E-state index contributed by atoms with van der Waals surface area (Å²) in [6, 6.07) is 12.5. The number of nitrogens with zero attached hydrogens (tertiary/aromatic N) is 5. The van der Waals surface area contributed by atoms with Crippen LogP contribution in [0.2, 0.25) is 0 Å². The van der Waals surface area contributed by atoms with Crippen LogP contribution in [0.25, 0.3) is 16.9 Å². The molecule has 1 amide bonds. The molecular formula is C29H33F3N6O9S. The number of alkyl halides is 3. The predicted molar refractivity (Wildman–Crippen MR) is 160 cm³/mol. The van der Waals surface area contributed by atoms with E-state index >= 15 is 0 Å². The molecule has 1 aliphatic heterocycles. The summed E-state index contributed by atoms with van der Waals surface area (Å²) in [7, 11) is -4.41. The van der Waals surface area contributed by atoms with Gasteiger partial charge in [0.25, 0.3) is 16.3 Å². The maximum atomic E-state index is 13.5. The summed E-state index contributed by atoms with van der Waals surface area (Å²) in [6.07, 6.45) is -8.31. The topological polar surface area (TPSA) is 161 Å². The van der Waals surface area contributed by atoms with Crippen molar-refractivity contribution in [2.45, 2.75) is 70.1 Å². The van der Waals surface area contributed by atoms with E-state index in [1.54, 1.807) is 50.0 Å². The smallest absolute Gasteiger partial charge is 0.444 e. The third kappa shape index (κ3) is 8.44. The second-order valence-electron chi connectivity index (χ2n) is 11.8. The molecule has 0 saturated carbocycles. The fourth-order valence-electron chi connectivity index (χ4n) is 4.54. The average Bonchev–Trinajstić information content (AvgIpc) is 3.33. The highest BCUT2D eigenvalue weighted by atomic mass is 32.2. The molecule has 0 radical (unpaired) electrons. The van der Waals surface area contributed by atoms with Crippen molar-refractivity contribution in [2.75, 3.05) is 18.1 Å². The Labute approximate surface area is 272 Å². The quantitative estimate of drug-likeness (QED) is 0.192. The van der Waals surface area contributed by atoms with E-state index in [1.165, 1.54) is 24.0 Å². The standard InChI is InChI=1S/C29H33F3N6O9S/c1-18-6-8-20(9-7-18)24-16-25(29(30,31)32)33-36(24)21-10-12-23(13-11-21)48(41,42)34-26(39)44-22-14-15-35(17-22)37-38(47-37)46-19(2)43-27(40)45-28(3,4)5/h6-13,16,19,22H,14-15,17H2,1-5H3,(H,34,39). The van der Waals surface area contributed by atoms with Crippen molar-refractivity contribution in [3.8, 4) is 16.9 Å². The highest BCUT2D eigenvalue weighted by Gasteiger charge is 2.36. The lowest BCUT2D eigenvalue weighted by Crippen LogP contribution is -2.37. The fourth-order valence-corrected chi connectivity index (χ4v) is 5.42. The van der Waals surface area contributed by atoms with Crippen molar-refractivity contribution in [2.24, 2.45) is 0 Å². The zero-order chi connectivity index (χ0) is 35.0. The number of carbonyl (C=O) groups is 2. The van der Waals surface area contributed by atoms with Gasteiger partial charge in [-0.15, -0.1) is 0 Å². The summed E-state index contributed by atoms with van der Waals surface area (Å²) in [5.41, 5.74) is -0.164. The van der Waals surface area contributed by atoms with Crippen molar-refractivity contribution >= 4 is 22.3 Å². The van der Waals surface area contributed by atoms with Crippen LogP contribution >= 0.6 is 0 Å². The van der Waals surface area contributed by atoms with Crippen LogP contribution in [0.1, 0.15) is 45.4 Å². The highest BCUT2D eigenvalue weighted by Crippen LogP contribution is 2.33. The Morgan fingerprint density at radius 2 is 1.73 bits per heavy atom. The van der Waals surface area contributed by atoms with Gasteiger partial charge in [-0.3, -0.25) is 5.01 Å². The zero-order valence-electron chi connectivity index (χ0n) is 26.4. The number of ether oxygens (including phenoxy) is 3. The number of rotatable bonds is 9. The highest BCUT2D eigenvalue weighted by molar-refractivity contribution is 7.90. The Kier molecular flexibility index (Phi) is 9.18. The average molecular weight is 699 g/mol. The van der Waals surface area contributed by atoms with Crippen LogP contribution in [0, 0.1) is 6.92 Å². The number of sulfonamides is 1. The summed E-state index contributed by atoms with van der Waals surface area (Å²) in [6.45, 7) is 8.80. The van der Waals surface area contributed by atoms with Gasteiger partial charge in [-0.05, 0) is 58.0 Å². The van der Waals surface area contributed by atoms with Gasteiger partial charge in [-0.1, -0.05) is 29.8 Å². The van der Waals surface area contributed by atoms with Gasteiger partial charge in [0.2, 0.25) is 0 Å². The molecule has 2 aromatic carbocycles. The first kappa shape index (κ1) is 34.3. The third-order valence-corrected chi connectivity index (χ3v) is 8.07. The van der Waals surface area contributed by atoms with Crippen LogP contribution in [-0.4, -0.2) is 71.5 Å². The maximum Gasteiger partial charge on any atom is 0.511 e. The molecule has 0 bridgehead atoms. The Morgan fingerprint density at radius 1 is 1.06 bits per heavy atom. The Morgan fingerprint density at radius 3 is 2.35 bits per heavy atom. The molecule has 1 N–H and O–H groups in total. The van der Waals surface area contributed by atoms with Gasteiger partial charge in [0.15, 0.2) is 5.69 Å². The Bertz CT molecular complexity index is 1850. The Hall–Kier alpha value is -5.07. The summed E-state index contributed by atoms with van der Waals surface area (Å²) in [5, 5.41) is 6.24. The van der Waals surface area contributed by atoms with Crippen molar-refractivity contribution in [3.05, 3.63) is 65.9 Å². The number of benzene rings is 2. The van der Waals surface area contributed by atoms with Gasteiger partial charge >= 0.3 is 18.4 Å². The molecule has 4 aromatic rings. The summed E-state index contributed by atoms with van der Waals surface area (Å²) < 4.78 is 89.8. The van der Waals surface area contributed by atoms with Crippen LogP contribution in [0.15, 0.2) is 64.1 Å². The van der Waals surface area contributed by atoms with Crippen molar-refractivity contribution in [1.29, 1.82) is 0 Å². The number of hydrogen-bond donors (Lipinski definition) is 1. The number of aryl methyl sites for hydroxylation is 1. The molecule has 2 unspecified atom stereocenters. The first-order valence-electron chi connectivity index (χ1n) is 14.6. The third-order valence-electron chi connectivity index (χ3n) is 6.74. The van der Waals surface area contributed by atoms with E-state index in [1.807, 2.05) is 11.6 Å². The van der Waals surface area contributed by atoms with Crippen LogP contribution in [0.5, 0.6) is 0 Å². The van der Waals surface area contributed by atoms with Gasteiger partial charge < -0.3 is 19.0 Å². The van der Waals surface area contributed by atoms with Crippen LogP contribution in [-0.2, 0) is 30.4 Å². The van der Waals surface area contributed by atoms with E-state index in [2.05, 4.69) is 5.10 Å². The minimum Gasteiger partial charge on any atom is -0.444 e. The van der Waals surface area contributed by atoms with Gasteiger partial charge in [-0.2, -0.15) is 22.9 Å². The molecule has 2 aromatic heterocycles. The number of amides is 1. The van der Waals surface area contributed by atoms with Crippen LogP contribution < -0.4 is 14.6 Å². The number of aromatic nitrogens is 4. The minimum absolute atomic E-state index is 0.121. The summed E-state index contributed by atoms with van der Waals surface area (Å²) in [5.74, 6) is 0. The van der Waals surface area contributed by atoms with E-state index in [0.29, 0.717) is 18.5 Å². The normalized spacial score (nSPS) is 16.1. The predicted octanol–water partition coefficient (Wildman–Crippen LogP) is 4.61. The minimum atomic E-state index is -4.71. The summed E-state index contributed by atoms with van der Waals surface area (Å²) in [4.78, 5) is 30.5. The second-order valence-corrected chi connectivity index (χ2v) is 13.5. The molecule has 0 aliphatic carbocycles. The molecule has 1 saturated heterocycles. The van der Waals surface area contributed by atoms with E-state index in [9.17, 15) is 31.2 Å². The maximum absolute atomic E-state index is 13.5. The van der Waals surface area contributed by atoms with Crippen LogP contribution in [0.4, 0.5) is 22.8 Å². The molecule has 3 heterocycles.